The van der Waals surface area contributed by atoms with E-state index in [9.17, 15) is 0 Å². The van der Waals surface area contributed by atoms with Crippen LogP contribution in [0.3, 0.4) is 0 Å². The minimum Gasteiger partial charge on any atom is -0.0884 e. The topological polar surface area (TPSA) is 0 Å². The van der Waals surface area contributed by atoms with Crippen LogP contribution in [0.4, 0.5) is 0 Å². The Kier molecular flexibility index (Phi) is 7.18. The van der Waals surface area contributed by atoms with Crippen LogP contribution in [0.5, 0.6) is 0 Å². The fourth-order valence-electron chi connectivity index (χ4n) is 1.14. The zero-order valence-electron chi connectivity index (χ0n) is 10.4. The summed E-state index contributed by atoms with van der Waals surface area (Å²) < 4.78 is 0. The van der Waals surface area contributed by atoms with E-state index in [2.05, 4.69) is 52.8 Å². The molecule has 0 fully saturated rings. The van der Waals surface area contributed by atoms with E-state index in [0.29, 0.717) is 0 Å². The molecule has 0 amide bonds. The molecule has 14 heavy (non-hydrogen) atoms. The van der Waals surface area contributed by atoms with Crippen molar-refractivity contribution in [2.45, 2.75) is 53.9 Å². The lowest BCUT2D eigenvalue weighted by atomic mass is 10.1. The minimum atomic E-state index is 1.11. The molecule has 0 saturated carbocycles. The lowest BCUT2D eigenvalue weighted by Crippen LogP contribution is -1.79. The van der Waals surface area contributed by atoms with Gasteiger partial charge in [0.25, 0.3) is 0 Å². The van der Waals surface area contributed by atoms with E-state index >= 15 is 0 Å². The third-order valence-corrected chi connectivity index (χ3v) is 2.36. The fourth-order valence-corrected chi connectivity index (χ4v) is 1.14. The van der Waals surface area contributed by atoms with Gasteiger partial charge in [-0.25, -0.2) is 0 Å². The molecule has 0 saturated heterocycles. The summed E-state index contributed by atoms with van der Waals surface area (Å²) in [6.45, 7) is 10.8. The monoisotopic (exact) mass is 192 g/mol. The molecule has 0 aliphatic carbocycles. The van der Waals surface area contributed by atoms with E-state index in [0.717, 1.165) is 6.42 Å². The molecule has 0 aromatic carbocycles. The maximum absolute atomic E-state index is 2.34. The number of hydrogen-bond donors (Lipinski definition) is 0. The molecule has 0 aliphatic heterocycles. The van der Waals surface area contributed by atoms with E-state index in [1.54, 1.807) is 0 Å². The van der Waals surface area contributed by atoms with Crippen molar-refractivity contribution in [3.05, 3.63) is 34.9 Å². The van der Waals surface area contributed by atoms with Crippen LogP contribution in [0.1, 0.15) is 53.9 Å². The normalized spacial score (nSPS) is 12.9. The highest BCUT2D eigenvalue weighted by Gasteiger charge is 1.89. The molecule has 0 aromatic rings. The standard InChI is InChI=1S/C14H24/c1-6-13(4)10-11-14(5)9-7-8-12(2)3/h6,8,11H,7,9-10H2,1-5H3/b13-6-,14-11?. The minimum absolute atomic E-state index is 1.11. The van der Waals surface area contributed by atoms with Gasteiger partial charge in [0.2, 0.25) is 0 Å². The summed E-state index contributed by atoms with van der Waals surface area (Å²) >= 11 is 0. The molecule has 0 spiro atoms. The lowest BCUT2D eigenvalue weighted by molar-refractivity contribution is 0.954. The average Bonchev–Trinajstić information content (AvgIpc) is 2.13. The summed E-state index contributed by atoms with van der Waals surface area (Å²) in [5.74, 6) is 0. The van der Waals surface area contributed by atoms with Crippen molar-refractivity contribution in [2.24, 2.45) is 0 Å². The van der Waals surface area contributed by atoms with Gasteiger partial charge in [0.15, 0.2) is 0 Å². The third-order valence-electron chi connectivity index (χ3n) is 2.36. The molecule has 0 rings (SSSR count). The van der Waals surface area contributed by atoms with Gasteiger partial charge in [-0.2, -0.15) is 0 Å². The van der Waals surface area contributed by atoms with Crippen LogP contribution in [0.15, 0.2) is 34.9 Å². The molecule has 0 nitrogen and oxygen atoms in total. The molecular formula is C14H24. The predicted octanol–water partition coefficient (Wildman–Crippen LogP) is 5.04. The van der Waals surface area contributed by atoms with Crippen molar-refractivity contribution < 1.29 is 0 Å². The number of allylic oxidation sites excluding steroid dienone is 6. The van der Waals surface area contributed by atoms with Crippen molar-refractivity contribution in [3.8, 4) is 0 Å². The van der Waals surface area contributed by atoms with Crippen molar-refractivity contribution in [3.63, 3.8) is 0 Å². The zero-order valence-corrected chi connectivity index (χ0v) is 10.4. The molecule has 0 heterocycles. The summed E-state index contributed by atoms with van der Waals surface area (Å²) in [5, 5.41) is 0. The largest absolute Gasteiger partial charge is 0.0884 e. The molecule has 0 aliphatic rings. The van der Waals surface area contributed by atoms with Gasteiger partial charge in [0.05, 0.1) is 0 Å². The van der Waals surface area contributed by atoms with Crippen LogP contribution in [-0.4, -0.2) is 0 Å². The van der Waals surface area contributed by atoms with Crippen LogP contribution < -0.4 is 0 Å². The fraction of sp³-hybridized carbons (Fsp3) is 0.571. The van der Waals surface area contributed by atoms with Gasteiger partial charge in [-0.05, 0) is 53.9 Å². The Morgan fingerprint density at radius 2 is 1.57 bits per heavy atom. The first-order valence-corrected chi connectivity index (χ1v) is 5.47. The van der Waals surface area contributed by atoms with Crippen molar-refractivity contribution in [1.82, 2.24) is 0 Å². The highest BCUT2D eigenvalue weighted by Crippen LogP contribution is 2.10. The maximum atomic E-state index is 2.34. The Morgan fingerprint density at radius 3 is 2.07 bits per heavy atom. The Bertz CT molecular complexity index is 235. The summed E-state index contributed by atoms with van der Waals surface area (Å²) in [6.07, 6.45) is 10.3. The molecule has 0 aromatic heterocycles. The SMILES string of the molecule is C/C=C(/C)CC=C(C)CCC=C(C)C. The second-order valence-corrected chi connectivity index (χ2v) is 4.21. The number of hydrogen-bond acceptors (Lipinski definition) is 0. The van der Waals surface area contributed by atoms with E-state index in [1.807, 2.05) is 0 Å². The van der Waals surface area contributed by atoms with E-state index < -0.39 is 0 Å². The zero-order chi connectivity index (χ0) is 11.0. The van der Waals surface area contributed by atoms with Crippen LogP contribution >= 0.6 is 0 Å². The lowest BCUT2D eigenvalue weighted by Gasteiger charge is -1.99. The van der Waals surface area contributed by atoms with Crippen molar-refractivity contribution >= 4 is 0 Å². The first-order valence-electron chi connectivity index (χ1n) is 5.47. The van der Waals surface area contributed by atoms with Gasteiger partial charge in [0, 0.05) is 0 Å². The average molecular weight is 192 g/mol. The third kappa shape index (κ3) is 7.85. The maximum Gasteiger partial charge on any atom is -0.0139 e. The summed E-state index contributed by atoms with van der Waals surface area (Å²) in [7, 11) is 0. The molecule has 0 radical (unpaired) electrons. The summed E-state index contributed by atoms with van der Waals surface area (Å²) in [5.41, 5.74) is 4.37. The van der Waals surface area contributed by atoms with Crippen molar-refractivity contribution in [2.75, 3.05) is 0 Å². The predicted molar refractivity (Wildman–Crippen MR) is 66.5 cm³/mol. The Balaban J connectivity index is 3.84. The number of rotatable bonds is 5. The second kappa shape index (κ2) is 7.61. The Labute approximate surface area is 89.4 Å². The summed E-state index contributed by atoms with van der Waals surface area (Å²) in [6, 6.07) is 0. The smallest absolute Gasteiger partial charge is 0.0139 e. The van der Waals surface area contributed by atoms with Gasteiger partial charge in [-0.15, -0.1) is 0 Å². The van der Waals surface area contributed by atoms with E-state index in [-0.39, 0.29) is 0 Å². The van der Waals surface area contributed by atoms with Gasteiger partial charge < -0.3 is 0 Å². The molecule has 0 heteroatoms. The van der Waals surface area contributed by atoms with E-state index in [1.165, 1.54) is 29.6 Å². The van der Waals surface area contributed by atoms with E-state index in [4.69, 9.17) is 0 Å². The van der Waals surface area contributed by atoms with Crippen LogP contribution in [0, 0.1) is 0 Å². The highest BCUT2D eigenvalue weighted by molar-refractivity contribution is 5.09. The van der Waals surface area contributed by atoms with Gasteiger partial charge in [-0.1, -0.05) is 34.9 Å². The molecule has 0 bridgehead atoms. The first kappa shape index (κ1) is 13.2. The van der Waals surface area contributed by atoms with Gasteiger partial charge in [-0.3, -0.25) is 0 Å². The quantitative estimate of drug-likeness (QED) is 0.536. The van der Waals surface area contributed by atoms with Crippen molar-refractivity contribution in [1.29, 1.82) is 0 Å². The van der Waals surface area contributed by atoms with Gasteiger partial charge in [0.1, 0.15) is 0 Å². The molecule has 0 N–H and O–H groups in total. The Morgan fingerprint density at radius 1 is 0.929 bits per heavy atom. The highest BCUT2D eigenvalue weighted by atomic mass is 14.0. The van der Waals surface area contributed by atoms with Crippen LogP contribution in [0.25, 0.3) is 0 Å². The van der Waals surface area contributed by atoms with Gasteiger partial charge >= 0.3 is 0 Å². The van der Waals surface area contributed by atoms with Crippen LogP contribution in [-0.2, 0) is 0 Å². The molecule has 0 atom stereocenters. The van der Waals surface area contributed by atoms with Crippen LogP contribution in [0.2, 0.25) is 0 Å². The molecule has 0 unspecified atom stereocenters. The molecule has 80 valence electrons. The molecular weight excluding hydrogens is 168 g/mol. The first-order chi connectivity index (χ1) is 6.56. The Hall–Kier alpha value is -0.780. The second-order valence-electron chi connectivity index (χ2n) is 4.21. The summed E-state index contributed by atoms with van der Waals surface area (Å²) in [4.78, 5) is 0.